The van der Waals surface area contributed by atoms with Crippen molar-refractivity contribution >= 4 is 12.1 Å². The average Bonchev–Trinajstić information content (AvgIpc) is 2.57. The van der Waals surface area contributed by atoms with Gasteiger partial charge in [-0.25, -0.2) is 4.79 Å². The van der Waals surface area contributed by atoms with E-state index in [1.165, 1.54) is 6.08 Å². The Labute approximate surface area is 94.3 Å². The maximum absolute atomic E-state index is 11.4. The molecular formula is C11H15NO4. The Hall–Kier alpha value is -1.78. The molecule has 1 amide bonds. The van der Waals surface area contributed by atoms with E-state index in [0.29, 0.717) is 13.1 Å². The first kappa shape index (κ1) is 12.3. The molecule has 1 saturated heterocycles. The molecule has 16 heavy (non-hydrogen) atoms. The van der Waals surface area contributed by atoms with Crippen molar-refractivity contribution in [3.8, 4) is 0 Å². The Bertz CT molecular complexity index is 300. The van der Waals surface area contributed by atoms with Crippen LogP contribution in [0, 0.1) is 0 Å². The highest BCUT2D eigenvalue weighted by Gasteiger charge is 2.31. The van der Waals surface area contributed by atoms with Gasteiger partial charge in [-0.15, -0.1) is 6.58 Å². The monoisotopic (exact) mass is 225 g/mol. The molecule has 1 aliphatic heterocycles. The van der Waals surface area contributed by atoms with E-state index in [2.05, 4.69) is 17.9 Å². The van der Waals surface area contributed by atoms with Crippen molar-refractivity contribution in [3.05, 3.63) is 25.3 Å². The summed E-state index contributed by atoms with van der Waals surface area (Å²) in [6.07, 6.45) is 2.10. The van der Waals surface area contributed by atoms with Gasteiger partial charge in [-0.3, -0.25) is 4.79 Å². The lowest BCUT2D eigenvalue weighted by atomic mass is 10.3. The summed E-state index contributed by atoms with van der Waals surface area (Å²) in [4.78, 5) is 24.1. The summed E-state index contributed by atoms with van der Waals surface area (Å²) in [5.74, 6) is -0.0404. The van der Waals surface area contributed by atoms with Gasteiger partial charge in [-0.05, 0) is 0 Å². The zero-order valence-corrected chi connectivity index (χ0v) is 9.05. The minimum Gasteiger partial charge on any atom is -0.430 e. The molecule has 88 valence electrons. The van der Waals surface area contributed by atoms with Crippen LogP contribution in [-0.4, -0.2) is 42.8 Å². The number of ether oxygens (including phenoxy) is 2. The Morgan fingerprint density at radius 1 is 1.50 bits per heavy atom. The van der Waals surface area contributed by atoms with Crippen molar-refractivity contribution in [3.63, 3.8) is 0 Å². The fraction of sp³-hybridized carbons (Fsp3) is 0.455. The molecule has 5 nitrogen and oxygen atoms in total. The average molecular weight is 225 g/mol. The summed E-state index contributed by atoms with van der Waals surface area (Å²) in [6, 6.07) is 0. The highest BCUT2D eigenvalue weighted by Crippen LogP contribution is 2.14. The van der Waals surface area contributed by atoms with Crippen molar-refractivity contribution in [2.75, 3.05) is 19.7 Å². The number of likely N-dealkylation sites (tertiary alicyclic amines) is 1. The summed E-state index contributed by atoms with van der Waals surface area (Å²) in [5.41, 5.74) is 0. The highest BCUT2D eigenvalue weighted by molar-refractivity contribution is 5.79. The van der Waals surface area contributed by atoms with Gasteiger partial charge >= 0.3 is 6.16 Å². The molecule has 0 spiro atoms. The minimum atomic E-state index is -0.766. The lowest BCUT2D eigenvalue weighted by molar-refractivity contribution is -0.127. The molecule has 0 N–H and O–H groups in total. The smallest absolute Gasteiger partial charge is 0.430 e. The number of amides is 1. The molecule has 0 aromatic carbocycles. The predicted octanol–water partition coefficient (Wildman–Crippen LogP) is 1.11. The maximum atomic E-state index is 11.4. The Kier molecular flexibility index (Phi) is 4.57. The maximum Gasteiger partial charge on any atom is 0.508 e. The van der Waals surface area contributed by atoms with Crippen molar-refractivity contribution in [2.45, 2.75) is 12.5 Å². The second kappa shape index (κ2) is 5.95. The van der Waals surface area contributed by atoms with Gasteiger partial charge in [0, 0.05) is 6.54 Å². The zero-order chi connectivity index (χ0) is 12.0. The van der Waals surface area contributed by atoms with Gasteiger partial charge in [0.15, 0.2) is 0 Å². The van der Waals surface area contributed by atoms with Gasteiger partial charge in [0.1, 0.15) is 12.7 Å². The lowest BCUT2D eigenvalue weighted by Gasteiger charge is -2.13. The van der Waals surface area contributed by atoms with E-state index < -0.39 is 12.3 Å². The first-order valence-corrected chi connectivity index (χ1v) is 5.00. The third-order valence-electron chi connectivity index (χ3n) is 2.11. The lowest BCUT2D eigenvalue weighted by Crippen LogP contribution is -2.27. The Morgan fingerprint density at radius 3 is 2.88 bits per heavy atom. The Balaban J connectivity index is 2.34. The summed E-state index contributed by atoms with van der Waals surface area (Å²) < 4.78 is 9.61. The van der Waals surface area contributed by atoms with Gasteiger partial charge in [-0.2, -0.15) is 0 Å². The molecule has 0 aromatic rings. The molecule has 1 unspecified atom stereocenters. The van der Waals surface area contributed by atoms with Crippen molar-refractivity contribution < 1.29 is 19.1 Å². The SMILES string of the molecule is C=CCOC(=O)OC1CC(=O)N(CC=C)C1. The van der Waals surface area contributed by atoms with Crippen molar-refractivity contribution in [1.82, 2.24) is 4.90 Å². The second-order valence-corrected chi connectivity index (χ2v) is 3.38. The number of nitrogens with zero attached hydrogens (tertiary/aromatic N) is 1. The third-order valence-corrected chi connectivity index (χ3v) is 2.11. The summed E-state index contributed by atoms with van der Waals surface area (Å²) in [6.45, 7) is 7.93. The molecule has 5 heteroatoms. The van der Waals surface area contributed by atoms with Gasteiger partial charge in [0.05, 0.1) is 13.0 Å². The largest absolute Gasteiger partial charge is 0.508 e. The number of rotatable bonds is 5. The number of hydrogen-bond donors (Lipinski definition) is 0. The molecule has 1 heterocycles. The molecule has 0 aliphatic carbocycles. The van der Waals surface area contributed by atoms with Crippen LogP contribution < -0.4 is 0 Å². The number of carbonyl (C=O) groups excluding carboxylic acids is 2. The summed E-state index contributed by atoms with van der Waals surface area (Å²) in [5, 5.41) is 0. The molecule has 0 bridgehead atoms. The van der Waals surface area contributed by atoms with Crippen LogP contribution in [0.2, 0.25) is 0 Å². The van der Waals surface area contributed by atoms with E-state index in [1.54, 1.807) is 11.0 Å². The molecule has 1 rings (SSSR count). The highest BCUT2D eigenvalue weighted by atomic mass is 16.7. The zero-order valence-electron chi connectivity index (χ0n) is 9.05. The summed E-state index contributed by atoms with van der Waals surface area (Å²) >= 11 is 0. The predicted molar refractivity (Wildman–Crippen MR) is 57.8 cm³/mol. The third kappa shape index (κ3) is 3.42. The Morgan fingerprint density at radius 2 is 2.25 bits per heavy atom. The fourth-order valence-corrected chi connectivity index (χ4v) is 1.44. The van der Waals surface area contributed by atoms with Crippen LogP contribution in [0.3, 0.4) is 0 Å². The van der Waals surface area contributed by atoms with Crippen LogP contribution in [0.5, 0.6) is 0 Å². The van der Waals surface area contributed by atoms with Crippen molar-refractivity contribution in [2.24, 2.45) is 0 Å². The molecule has 0 radical (unpaired) electrons. The minimum absolute atomic E-state index is 0.0404. The van der Waals surface area contributed by atoms with Gasteiger partial charge in [0.2, 0.25) is 5.91 Å². The van der Waals surface area contributed by atoms with Crippen molar-refractivity contribution in [1.29, 1.82) is 0 Å². The van der Waals surface area contributed by atoms with Crippen LogP contribution in [0.15, 0.2) is 25.3 Å². The molecule has 0 aromatic heterocycles. The van der Waals surface area contributed by atoms with E-state index in [-0.39, 0.29) is 18.9 Å². The molecule has 1 atom stereocenters. The standard InChI is InChI=1S/C11H15NO4/c1-3-5-12-8-9(7-10(12)13)16-11(14)15-6-4-2/h3-4,9H,1-2,5-8H2. The van der Waals surface area contributed by atoms with Crippen LogP contribution in [-0.2, 0) is 14.3 Å². The molecule has 0 saturated carbocycles. The van der Waals surface area contributed by atoms with E-state index in [4.69, 9.17) is 4.74 Å². The van der Waals surface area contributed by atoms with Gasteiger partial charge in [-0.1, -0.05) is 18.7 Å². The van der Waals surface area contributed by atoms with E-state index in [1.807, 2.05) is 0 Å². The van der Waals surface area contributed by atoms with Gasteiger partial charge < -0.3 is 14.4 Å². The van der Waals surface area contributed by atoms with Crippen LogP contribution >= 0.6 is 0 Å². The normalized spacial score (nSPS) is 19.4. The van der Waals surface area contributed by atoms with Crippen LogP contribution in [0.4, 0.5) is 4.79 Å². The second-order valence-electron chi connectivity index (χ2n) is 3.38. The molecule has 1 aliphatic rings. The fourth-order valence-electron chi connectivity index (χ4n) is 1.44. The number of carbonyl (C=O) groups is 2. The van der Waals surface area contributed by atoms with E-state index in [0.717, 1.165) is 0 Å². The van der Waals surface area contributed by atoms with Crippen LogP contribution in [0.1, 0.15) is 6.42 Å². The summed E-state index contributed by atoms with van der Waals surface area (Å²) in [7, 11) is 0. The van der Waals surface area contributed by atoms with E-state index >= 15 is 0 Å². The number of hydrogen-bond acceptors (Lipinski definition) is 4. The topological polar surface area (TPSA) is 55.8 Å². The van der Waals surface area contributed by atoms with Gasteiger partial charge in [0.25, 0.3) is 0 Å². The quantitative estimate of drug-likeness (QED) is 0.519. The first-order valence-electron chi connectivity index (χ1n) is 5.00. The van der Waals surface area contributed by atoms with Crippen LogP contribution in [0.25, 0.3) is 0 Å². The molecule has 1 fully saturated rings. The van der Waals surface area contributed by atoms with E-state index in [9.17, 15) is 9.59 Å². The molecular weight excluding hydrogens is 210 g/mol. The first-order chi connectivity index (χ1) is 7.67.